The first-order chi connectivity index (χ1) is 15.1. The van der Waals surface area contributed by atoms with E-state index in [1.165, 1.54) is 34.7 Å². The molecule has 3 aromatic rings. The number of aryl methyl sites for hydroxylation is 3. The monoisotopic (exact) mass is 472 g/mol. The Hall–Kier alpha value is -2.69. The fourth-order valence-electron chi connectivity index (χ4n) is 3.98. The van der Waals surface area contributed by atoms with Crippen LogP contribution in [0.5, 0.6) is 0 Å². The Balaban J connectivity index is 1.53. The van der Waals surface area contributed by atoms with Gasteiger partial charge >= 0.3 is 0 Å². The predicted octanol–water partition coefficient (Wildman–Crippen LogP) is 2.97. The van der Waals surface area contributed by atoms with Gasteiger partial charge in [0, 0.05) is 42.8 Å². The molecule has 2 aromatic heterocycles. The van der Waals surface area contributed by atoms with Crippen molar-refractivity contribution < 1.29 is 18.0 Å². The second kappa shape index (κ2) is 8.34. The molecule has 1 amide bonds. The number of sulfonamides is 1. The number of fused-ring (bicyclic) bond motifs is 1. The molecule has 8 nitrogen and oxygen atoms in total. The number of ketones is 1. The normalized spacial score (nSPS) is 15.3. The van der Waals surface area contributed by atoms with E-state index in [9.17, 15) is 18.0 Å². The number of carbonyl (C=O) groups excluding carboxylic acids is 2. The molecule has 10 heteroatoms. The zero-order valence-corrected chi connectivity index (χ0v) is 20.0. The molecule has 0 radical (unpaired) electrons. The van der Waals surface area contributed by atoms with Crippen molar-refractivity contribution in [2.24, 2.45) is 0 Å². The topological polar surface area (TPSA) is 101 Å². The van der Waals surface area contributed by atoms with Gasteiger partial charge in [0.15, 0.2) is 5.78 Å². The highest BCUT2D eigenvalue weighted by atomic mass is 32.2. The maximum Gasteiger partial charge on any atom is 0.264 e. The lowest BCUT2D eigenvalue weighted by molar-refractivity contribution is 0.0702. The van der Waals surface area contributed by atoms with Crippen molar-refractivity contribution in [3.63, 3.8) is 0 Å². The van der Waals surface area contributed by atoms with Crippen LogP contribution in [0.4, 0.5) is 0 Å². The fourth-order valence-corrected chi connectivity index (χ4v) is 6.69. The van der Waals surface area contributed by atoms with E-state index in [1.807, 2.05) is 20.8 Å². The smallest absolute Gasteiger partial charge is 0.264 e. The Morgan fingerprint density at radius 2 is 1.72 bits per heavy atom. The van der Waals surface area contributed by atoms with Gasteiger partial charge in [-0.25, -0.2) is 18.4 Å². The predicted molar refractivity (Wildman–Crippen MR) is 123 cm³/mol. The van der Waals surface area contributed by atoms with Gasteiger partial charge in [0.1, 0.15) is 10.7 Å². The Morgan fingerprint density at radius 3 is 2.38 bits per heavy atom. The van der Waals surface area contributed by atoms with Gasteiger partial charge in [-0.05, 0) is 45.4 Å². The van der Waals surface area contributed by atoms with Crippen LogP contribution in [0.2, 0.25) is 0 Å². The lowest BCUT2D eigenvalue weighted by Crippen LogP contribution is -2.50. The second-order valence-electron chi connectivity index (χ2n) is 7.87. The quantitative estimate of drug-likeness (QED) is 0.541. The summed E-state index contributed by atoms with van der Waals surface area (Å²) in [6, 6.07) is 6.06. The average molecular weight is 473 g/mol. The molecule has 0 atom stereocenters. The molecular weight excluding hydrogens is 448 g/mol. The number of aromatic nitrogens is 2. The van der Waals surface area contributed by atoms with Crippen LogP contribution in [0.25, 0.3) is 10.2 Å². The summed E-state index contributed by atoms with van der Waals surface area (Å²) in [6.45, 7) is 8.02. The number of carbonyl (C=O) groups is 2. The van der Waals surface area contributed by atoms with Crippen molar-refractivity contribution in [3.05, 3.63) is 51.8 Å². The zero-order valence-electron chi connectivity index (χ0n) is 18.4. The van der Waals surface area contributed by atoms with Crippen LogP contribution in [0.1, 0.15) is 44.0 Å². The molecule has 0 aliphatic carbocycles. The van der Waals surface area contributed by atoms with Gasteiger partial charge < -0.3 is 4.90 Å². The van der Waals surface area contributed by atoms with Crippen molar-refractivity contribution in [2.45, 2.75) is 32.6 Å². The molecule has 1 fully saturated rings. The van der Waals surface area contributed by atoms with Gasteiger partial charge in [-0.1, -0.05) is 12.1 Å². The van der Waals surface area contributed by atoms with Gasteiger partial charge in [0.2, 0.25) is 10.0 Å². The highest BCUT2D eigenvalue weighted by Gasteiger charge is 2.32. The summed E-state index contributed by atoms with van der Waals surface area (Å²) < 4.78 is 27.5. The molecule has 4 rings (SSSR count). The average Bonchev–Trinajstić information content (AvgIpc) is 3.09. The maximum atomic E-state index is 13.2. The molecule has 32 heavy (non-hydrogen) atoms. The van der Waals surface area contributed by atoms with Crippen molar-refractivity contribution >= 4 is 43.3 Å². The summed E-state index contributed by atoms with van der Waals surface area (Å²) in [4.78, 5) is 36.9. The van der Waals surface area contributed by atoms with Gasteiger partial charge in [-0.2, -0.15) is 4.31 Å². The molecule has 0 bridgehead atoms. The Labute approximate surface area is 190 Å². The molecule has 1 aliphatic heterocycles. The van der Waals surface area contributed by atoms with Crippen LogP contribution < -0.4 is 0 Å². The third-order valence-electron chi connectivity index (χ3n) is 5.68. The molecule has 1 saturated heterocycles. The van der Waals surface area contributed by atoms with E-state index in [-0.39, 0.29) is 29.7 Å². The fraction of sp³-hybridized carbons (Fsp3) is 0.364. The number of thiophene rings is 1. The van der Waals surface area contributed by atoms with Crippen LogP contribution in [0, 0.1) is 20.8 Å². The van der Waals surface area contributed by atoms with Gasteiger partial charge in [0.25, 0.3) is 5.91 Å². The minimum atomic E-state index is -3.74. The van der Waals surface area contributed by atoms with Crippen LogP contribution in [0.3, 0.4) is 0 Å². The Morgan fingerprint density at radius 1 is 1.03 bits per heavy atom. The lowest BCUT2D eigenvalue weighted by Gasteiger charge is -2.34. The largest absolute Gasteiger partial charge is 0.335 e. The summed E-state index contributed by atoms with van der Waals surface area (Å²) in [6.07, 6.45) is 0. The van der Waals surface area contributed by atoms with Crippen molar-refractivity contribution in [3.8, 4) is 0 Å². The minimum absolute atomic E-state index is 0.0924. The highest BCUT2D eigenvalue weighted by molar-refractivity contribution is 7.89. The SMILES string of the molecule is CC(=O)c1cccc(S(=O)(=O)N2CCN(C(=O)c3sc4nc(C)nc(C)c4c3C)CC2)c1. The number of amides is 1. The number of nitrogens with zero attached hydrogens (tertiary/aromatic N) is 4. The van der Waals surface area contributed by atoms with E-state index in [2.05, 4.69) is 9.97 Å². The van der Waals surface area contributed by atoms with Gasteiger partial charge in [0.05, 0.1) is 9.77 Å². The van der Waals surface area contributed by atoms with E-state index in [0.29, 0.717) is 29.4 Å². The minimum Gasteiger partial charge on any atom is -0.335 e. The number of Topliss-reactive ketones (excluding diaryl/α,β-unsaturated/α-hetero) is 1. The first kappa shape index (κ1) is 22.5. The van der Waals surface area contributed by atoms with E-state index in [0.717, 1.165) is 21.5 Å². The van der Waals surface area contributed by atoms with Crippen molar-refractivity contribution in [1.82, 2.24) is 19.2 Å². The summed E-state index contributed by atoms with van der Waals surface area (Å²) in [5.41, 5.74) is 2.07. The molecule has 1 aliphatic rings. The Kier molecular flexibility index (Phi) is 5.87. The van der Waals surface area contributed by atoms with E-state index < -0.39 is 10.0 Å². The molecule has 168 valence electrons. The van der Waals surface area contributed by atoms with E-state index >= 15 is 0 Å². The molecular formula is C22H24N4O4S2. The number of piperazine rings is 1. The van der Waals surface area contributed by atoms with E-state index in [1.54, 1.807) is 17.0 Å². The number of hydrogen-bond donors (Lipinski definition) is 0. The van der Waals surface area contributed by atoms with Crippen molar-refractivity contribution in [1.29, 1.82) is 0 Å². The van der Waals surface area contributed by atoms with Crippen LogP contribution in [0.15, 0.2) is 29.2 Å². The second-order valence-corrected chi connectivity index (χ2v) is 10.8. The number of benzene rings is 1. The third-order valence-corrected chi connectivity index (χ3v) is 8.75. The first-order valence-corrected chi connectivity index (χ1v) is 12.5. The van der Waals surface area contributed by atoms with E-state index in [4.69, 9.17) is 0 Å². The first-order valence-electron chi connectivity index (χ1n) is 10.2. The van der Waals surface area contributed by atoms with Crippen LogP contribution >= 0.6 is 11.3 Å². The third kappa shape index (κ3) is 3.94. The molecule has 3 heterocycles. The Bertz CT molecular complexity index is 1340. The standard InChI is InChI=1S/C22H24N4O4S2/c1-13-19-14(2)23-16(4)24-21(19)31-20(13)22(28)25-8-10-26(11-9-25)32(29,30)18-7-5-6-17(12-18)15(3)27/h5-7,12H,8-11H2,1-4H3. The number of rotatable bonds is 4. The summed E-state index contributed by atoms with van der Waals surface area (Å²) >= 11 is 1.36. The maximum absolute atomic E-state index is 13.2. The molecule has 0 N–H and O–H groups in total. The van der Waals surface area contributed by atoms with Crippen molar-refractivity contribution in [2.75, 3.05) is 26.2 Å². The highest BCUT2D eigenvalue weighted by Crippen LogP contribution is 2.32. The molecule has 1 aromatic carbocycles. The summed E-state index contributed by atoms with van der Waals surface area (Å²) in [5.74, 6) is 0.368. The van der Waals surface area contributed by atoms with Gasteiger partial charge in [-0.15, -0.1) is 11.3 Å². The summed E-state index contributed by atoms with van der Waals surface area (Å²) in [5, 5.41) is 0.913. The van der Waals surface area contributed by atoms with Gasteiger partial charge in [-0.3, -0.25) is 9.59 Å². The molecule has 0 saturated carbocycles. The number of hydrogen-bond acceptors (Lipinski definition) is 7. The lowest BCUT2D eigenvalue weighted by atomic mass is 10.1. The summed E-state index contributed by atoms with van der Waals surface area (Å²) in [7, 11) is -3.74. The van der Waals surface area contributed by atoms with Crippen LogP contribution in [-0.4, -0.2) is 65.5 Å². The van der Waals surface area contributed by atoms with Crippen LogP contribution in [-0.2, 0) is 10.0 Å². The molecule has 0 unspecified atom stereocenters. The molecule has 0 spiro atoms. The zero-order chi connectivity index (χ0) is 23.2.